The van der Waals surface area contributed by atoms with E-state index < -0.39 is 36.5 Å². The highest BCUT2D eigenvalue weighted by Gasteiger charge is 2.20. The van der Waals surface area contributed by atoms with Gasteiger partial charge in [-0.05, 0) is 12.5 Å². The van der Waals surface area contributed by atoms with Crippen LogP contribution in [0.5, 0.6) is 0 Å². The smallest absolute Gasteiger partial charge is 0.407 e. The number of halogens is 1. The van der Waals surface area contributed by atoms with Gasteiger partial charge >= 0.3 is 12.1 Å². The molecule has 0 aliphatic rings. The van der Waals surface area contributed by atoms with E-state index in [-0.39, 0.29) is 25.6 Å². The second kappa shape index (κ2) is 12.5. The second-order valence-electron chi connectivity index (χ2n) is 5.21. The molecule has 0 spiro atoms. The average Bonchev–Trinajstić information content (AvgIpc) is 2.68. The summed E-state index contributed by atoms with van der Waals surface area (Å²) in [5.74, 6) is -2.09. The molecule has 0 saturated carbocycles. The maximum Gasteiger partial charge on any atom is 0.407 e. The lowest BCUT2D eigenvalue weighted by atomic mass is 10.2. The van der Waals surface area contributed by atoms with Crippen molar-refractivity contribution in [2.45, 2.75) is 19.6 Å². The van der Waals surface area contributed by atoms with E-state index in [1.165, 1.54) is 0 Å². The number of hydrogen-bond acceptors (Lipinski definition) is 6. The summed E-state index contributed by atoms with van der Waals surface area (Å²) in [5, 5.41) is 6.91. The van der Waals surface area contributed by atoms with Crippen LogP contribution in [-0.2, 0) is 30.5 Å². The molecule has 0 saturated heterocycles. The maximum absolute atomic E-state index is 11.9. The van der Waals surface area contributed by atoms with Gasteiger partial charge in [-0.25, -0.2) is 4.79 Å². The Hall–Kier alpha value is -2.81. The van der Waals surface area contributed by atoms with Crippen LogP contribution in [-0.4, -0.2) is 55.5 Å². The van der Waals surface area contributed by atoms with Crippen molar-refractivity contribution >= 4 is 35.5 Å². The second-order valence-corrected chi connectivity index (χ2v) is 5.52. The van der Waals surface area contributed by atoms with E-state index in [0.29, 0.717) is 0 Å². The summed E-state index contributed by atoms with van der Waals surface area (Å²) in [7, 11) is 0. The molecule has 1 atom stereocenters. The Kier molecular flexibility index (Phi) is 10.3. The van der Waals surface area contributed by atoms with Crippen molar-refractivity contribution in [3.05, 3.63) is 35.9 Å². The van der Waals surface area contributed by atoms with Gasteiger partial charge in [0.1, 0.15) is 25.7 Å². The maximum atomic E-state index is 11.9. The lowest BCUT2D eigenvalue weighted by molar-refractivity contribution is -0.143. The van der Waals surface area contributed by atoms with E-state index in [0.717, 1.165) is 5.56 Å². The first kappa shape index (κ1) is 22.2. The molecule has 0 radical (unpaired) electrons. The molecule has 0 bridgehead atoms. The van der Waals surface area contributed by atoms with Crippen LogP contribution in [0, 0.1) is 0 Å². The van der Waals surface area contributed by atoms with E-state index in [4.69, 9.17) is 16.3 Å². The number of amides is 3. The van der Waals surface area contributed by atoms with Crippen molar-refractivity contribution in [1.29, 1.82) is 0 Å². The summed E-state index contributed by atoms with van der Waals surface area (Å²) in [4.78, 5) is 46.5. The average molecular weight is 400 g/mol. The first-order valence-electron chi connectivity index (χ1n) is 8.19. The van der Waals surface area contributed by atoms with Crippen molar-refractivity contribution < 1.29 is 28.7 Å². The minimum Gasteiger partial charge on any atom is -0.465 e. The van der Waals surface area contributed by atoms with Crippen molar-refractivity contribution in [3.63, 3.8) is 0 Å². The molecule has 0 aromatic heterocycles. The third-order valence-corrected chi connectivity index (χ3v) is 3.43. The summed E-state index contributed by atoms with van der Waals surface area (Å²) in [5.41, 5.74) is 0.803. The van der Waals surface area contributed by atoms with Crippen LogP contribution in [0.4, 0.5) is 4.79 Å². The molecule has 1 aromatic carbocycles. The minimum atomic E-state index is -1.06. The predicted octanol–water partition coefficient (Wildman–Crippen LogP) is 0.316. The Balaban J connectivity index is 2.30. The van der Waals surface area contributed by atoms with Crippen LogP contribution in [0.25, 0.3) is 0 Å². The molecule has 0 fully saturated rings. The van der Waals surface area contributed by atoms with Gasteiger partial charge < -0.3 is 25.4 Å². The lowest BCUT2D eigenvalue weighted by Gasteiger charge is -2.16. The van der Waals surface area contributed by atoms with Gasteiger partial charge in [0.15, 0.2) is 0 Å². The van der Waals surface area contributed by atoms with Crippen LogP contribution in [0.3, 0.4) is 0 Å². The van der Waals surface area contributed by atoms with E-state index in [2.05, 4.69) is 20.7 Å². The van der Waals surface area contributed by atoms with Gasteiger partial charge in [0.2, 0.25) is 11.8 Å². The Morgan fingerprint density at radius 3 is 2.37 bits per heavy atom. The summed E-state index contributed by atoms with van der Waals surface area (Å²) in [6.45, 7) is 1.16. The quantitative estimate of drug-likeness (QED) is 0.384. The lowest BCUT2D eigenvalue weighted by Crippen LogP contribution is -2.51. The molecule has 0 heterocycles. The summed E-state index contributed by atoms with van der Waals surface area (Å²) < 4.78 is 9.63. The third-order valence-electron chi connectivity index (χ3n) is 3.12. The Bertz CT molecular complexity index is 641. The zero-order valence-corrected chi connectivity index (χ0v) is 15.6. The predicted molar refractivity (Wildman–Crippen MR) is 96.9 cm³/mol. The molecule has 148 valence electrons. The number of ether oxygens (including phenoxy) is 2. The van der Waals surface area contributed by atoms with Crippen LogP contribution in [0.2, 0.25) is 0 Å². The molecule has 0 unspecified atom stereocenters. The third kappa shape index (κ3) is 9.45. The van der Waals surface area contributed by atoms with Gasteiger partial charge in [-0.3, -0.25) is 14.4 Å². The van der Waals surface area contributed by atoms with Gasteiger partial charge in [0, 0.05) is 0 Å². The van der Waals surface area contributed by atoms with Crippen molar-refractivity contribution in [2.75, 3.05) is 25.6 Å². The zero-order chi connectivity index (χ0) is 20.1. The normalized spacial score (nSPS) is 11.0. The monoisotopic (exact) mass is 399 g/mol. The van der Waals surface area contributed by atoms with E-state index in [9.17, 15) is 19.2 Å². The number of nitrogens with one attached hydrogen (secondary N) is 3. The van der Waals surface area contributed by atoms with E-state index in [1.54, 1.807) is 19.1 Å². The largest absolute Gasteiger partial charge is 0.465 e. The van der Waals surface area contributed by atoms with E-state index in [1.807, 2.05) is 18.2 Å². The van der Waals surface area contributed by atoms with E-state index >= 15 is 0 Å². The summed E-state index contributed by atoms with van der Waals surface area (Å²) >= 11 is 5.66. The van der Waals surface area contributed by atoms with Gasteiger partial charge in [0.05, 0.1) is 12.5 Å². The fourth-order valence-electron chi connectivity index (χ4n) is 1.84. The molecule has 1 aromatic rings. The summed E-state index contributed by atoms with van der Waals surface area (Å²) in [6, 6.07) is 7.98. The van der Waals surface area contributed by atoms with Gasteiger partial charge in [-0.2, -0.15) is 0 Å². The highest BCUT2D eigenvalue weighted by Crippen LogP contribution is 2.00. The molecule has 0 aliphatic carbocycles. The molecule has 27 heavy (non-hydrogen) atoms. The minimum absolute atomic E-state index is 0.0643. The fourth-order valence-corrected chi connectivity index (χ4v) is 2.06. The topological polar surface area (TPSA) is 123 Å². The SMILES string of the molecule is CCOC(=O)CNC(=O)[C@@H](CCl)NC(=O)CNC(=O)OCc1ccccc1. The molecule has 3 amide bonds. The number of hydrogen-bond donors (Lipinski definition) is 3. The Morgan fingerprint density at radius 2 is 1.74 bits per heavy atom. The zero-order valence-electron chi connectivity index (χ0n) is 14.8. The molecule has 1 rings (SSSR count). The molecule has 10 heteroatoms. The number of alkyl carbamates (subject to hydrolysis) is 1. The molecule has 9 nitrogen and oxygen atoms in total. The molecule has 0 aliphatic heterocycles. The first-order valence-corrected chi connectivity index (χ1v) is 8.73. The van der Waals surface area contributed by atoms with Crippen molar-refractivity contribution in [2.24, 2.45) is 0 Å². The highest BCUT2D eigenvalue weighted by atomic mass is 35.5. The summed E-state index contributed by atoms with van der Waals surface area (Å²) in [6.07, 6.45) is -0.775. The standard InChI is InChI=1S/C17H22ClN3O6/c1-2-26-15(23)10-19-16(24)13(8-18)21-14(22)9-20-17(25)27-11-12-6-4-3-5-7-12/h3-7,13H,2,8-11H2,1H3,(H,19,24)(H,20,25)(H,21,22)/t13-/m1/s1. The Morgan fingerprint density at radius 1 is 1.04 bits per heavy atom. The number of carbonyl (C=O) groups excluding carboxylic acids is 4. The Labute approximate surface area is 161 Å². The fraction of sp³-hybridized carbons (Fsp3) is 0.412. The van der Waals surface area contributed by atoms with Crippen LogP contribution >= 0.6 is 11.6 Å². The molecular formula is C17H22ClN3O6. The molecular weight excluding hydrogens is 378 g/mol. The molecule has 3 N–H and O–H groups in total. The highest BCUT2D eigenvalue weighted by molar-refractivity contribution is 6.20. The number of rotatable bonds is 10. The van der Waals surface area contributed by atoms with Gasteiger partial charge in [-0.1, -0.05) is 30.3 Å². The van der Waals surface area contributed by atoms with Crippen molar-refractivity contribution in [3.8, 4) is 0 Å². The number of benzene rings is 1. The first-order chi connectivity index (χ1) is 13.0. The van der Waals surface area contributed by atoms with Crippen LogP contribution in [0.1, 0.15) is 12.5 Å². The van der Waals surface area contributed by atoms with Crippen molar-refractivity contribution in [1.82, 2.24) is 16.0 Å². The number of esters is 1. The van der Waals surface area contributed by atoms with Gasteiger partial charge in [-0.15, -0.1) is 11.6 Å². The van der Waals surface area contributed by atoms with Crippen LogP contribution in [0.15, 0.2) is 30.3 Å². The van der Waals surface area contributed by atoms with Gasteiger partial charge in [0.25, 0.3) is 0 Å². The number of carbonyl (C=O) groups is 4. The number of alkyl halides is 1. The van der Waals surface area contributed by atoms with Crippen LogP contribution < -0.4 is 16.0 Å².